The third-order valence-electron chi connectivity index (χ3n) is 3.94. The number of hydrogen-bond acceptors (Lipinski definition) is 4. The van der Waals surface area contributed by atoms with Crippen LogP contribution < -0.4 is 16.0 Å². The Balaban J connectivity index is 1.92. The van der Waals surface area contributed by atoms with Crippen molar-refractivity contribution >= 4 is 23.2 Å². The lowest BCUT2D eigenvalue weighted by molar-refractivity contribution is 0.0996. The maximum absolute atomic E-state index is 12.4. The smallest absolute Gasteiger partial charge is 0.258 e. The molecule has 1 saturated heterocycles. The molecule has 3 rings (SSSR count). The van der Waals surface area contributed by atoms with E-state index in [1.54, 1.807) is 30.1 Å². The molecule has 120 valence electrons. The average molecular weight is 313 g/mol. The lowest BCUT2D eigenvalue weighted by atomic mass is 10.1. The first-order valence-corrected chi connectivity index (χ1v) is 7.53. The van der Waals surface area contributed by atoms with E-state index < -0.39 is 5.91 Å². The van der Waals surface area contributed by atoms with Crippen molar-refractivity contribution in [3.05, 3.63) is 41.7 Å². The minimum atomic E-state index is -0.519. The van der Waals surface area contributed by atoms with E-state index in [0.29, 0.717) is 16.8 Å². The van der Waals surface area contributed by atoms with Crippen LogP contribution in [0, 0.1) is 0 Å². The number of primary amides is 1. The Morgan fingerprint density at radius 1 is 1.22 bits per heavy atom. The third kappa shape index (κ3) is 3.18. The highest BCUT2D eigenvalue weighted by Gasteiger charge is 2.19. The normalized spacial score (nSPS) is 14.0. The van der Waals surface area contributed by atoms with Gasteiger partial charge in [0.1, 0.15) is 0 Å². The number of aromatic nitrogens is 2. The van der Waals surface area contributed by atoms with Gasteiger partial charge in [-0.05, 0) is 31.0 Å². The topological polar surface area (TPSA) is 93.2 Å². The van der Waals surface area contributed by atoms with E-state index in [0.717, 1.165) is 31.6 Å². The van der Waals surface area contributed by atoms with Crippen LogP contribution in [0.3, 0.4) is 0 Å². The highest BCUT2D eigenvalue weighted by molar-refractivity contribution is 6.06. The molecule has 1 aliphatic heterocycles. The van der Waals surface area contributed by atoms with Gasteiger partial charge in [0.05, 0.1) is 23.1 Å². The summed E-state index contributed by atoms with van der Waals surface area (Å²) in [6.07, 6.45) is 5.38. The zero-order chi connectivity index (χ0) is 16.4. The molecule has 1 aromatic heterocycles. The number of carbonyl (C=O) groups excluding carboxylic acids is 2. The number of nitrogens with one attached hydrogen (secondary N) is 1. The number of hydrogen-bond donors (Lipinski definition) is 2. The van der Waals surface area contributed by atoms with Gasteiger partial charge in [-0.3, -0.25) is 14.3 Å². The van der Waals surface area contributed by atoms with Crippen LogP contribution in [0.25, 0.3) is 0 Å². The largest absolute Gasteiger partial charge is 0.370 e. The molecule has 7 heteroatoms. The van der Waals surface area contributed by atoms with Crippen LogP contribution in [0.2, 0.25) is 0 Å². The molecule has 0 unspecified atom stereocenters. The average Bonchev–Trinajstić information content (AvgIpc) is 3.18. The lowest BCUT2D eigenvalue weighted by Gasteiger charge is -2.22. The number of benzene rings is 1. The fourth-order valence-corrected chi connectivity index (χ4v) is 2.76. The van der Waals surface area contributed by atoms with Crippen LogP contribution in [0.15, 0.2) is 30.6 Å². The molecule has 1 aromatic carbocycles. The van der Waals surface area contributed by atoms with Crippen molar-refractivity contribution in [2.45, 2.75) is 12.8 Å². The van der Waals surface area contributed by atoms with Crippen molar-refractivity contribution in [1.82, 2.24) is 9.78 Å². The number of nitrogens with two attached hydrogens (primary N) is 1. The number of rotatable bonds is 4. The number of aryl methyl sites for hydroxylation is 1. The van der Waals surface area contributed by atoms with Crippen LogP contribution in [-0.2, 0) is 7.05 Å². The van der Waals surface area contributed by atoms with Gasteiger partial charge in [0, 0.05) is 31.9 Å². The SMILES string of the molecule is Cn1cc(C(=O)Nc2cc(C(N)=O)ccc2N2CCCC2)cn1. The standard InChI is InChI=1S/C16H19N5O2/c1-20-10-12(9-18-20)16(23)19-13-8-11(15(17)22)4-5-14(13)21-6-2-3-7-21/h4-5,8-10H,2-3,6-7H2,1H3,(H2,17,22)(H,19,23). The van der Waals surface area contributed by atoms with E-state index in [-0.39, 0.29) is 5.91 Å². The number of carbonyl (C=O) groups is 2. The van der Waals surface area contributed by atoms with Gasteiger partial charge in [0.15, 0.2) is 0 Å². The molecule has 1 aliphatic rings. The summed E-state index contributed by atoms with van der Waals surface area (Å²) >= 11 is 0. The van der Waals surface area contributed by atoms with Crippen LogP contribution in [0.1, 0.15) is 33.6 Å². The summed E-state index contributed by atoms with van der Waals surface area (Å²) < 4.78 is 1.57. The molecule has 0 atom stereocenters. The molecule has 23 heavy (non-hydrogen) atoms. The van der Waals surface area contributed by atoms with Crippen molar-refractivity contribution in [1.29, 1.82) is 0 Å². The monoisotopic (exact) mass is 313 g/mol. The highest BCUT2D eigenvalue weighted by Crippen LogP contribution is 2.30. The summed E-state index contributed by atoms with van der Waals surface area (Å²) in [6.45, 7) is 1.87. The third-order valence-corrected chi connectivity index (χ3v) is 3.94. The highest BCUT2D eigenvalue weighted by atomic mass is 16.2. The van der Waals surface area contributed by atoms with Crippen LogP contribution in [0.5, 0.6) is 0 Å². The molecular weight excluding hydrogens is 294 g/mol. The molecule has 7 nitrogen and oxygen atoms in total. The van der Waals surface area contributed by atoms with Crippen LogP contribution in [-0.4, -0.2) is 34.7 Å². The predicted molar refractivity (Wildman–Crippen MR) is 87.6 cm³/mol. The lowest BCUT2D eigenvalue weighted by Crippen LogP contribution is -2.22. The number of amides is 2. The second-order valence-corrected chi connectivity index (χ2v) is 5.65. The fraction of sp³-hybridized carbons (Fsp3) is 0.312. The van der Waals surface area contributed by atoms with E-state index in [1.165, 1.54) is 6.20 Å². The Bertz CT molecular complexity index is 747. The number of nitrogens with zero attached hydrogens (tertiary/aromatic N) is 3. The minimum Gasteiger partial charge on any atom is -0.370 e. The maximum atomic E-state index is 12.4. The fourth-order valence-electron chi connectivity index (χ4n) is 2.76. The van der Waals surface area contributed by atoms with Crippen molar-refractivity contribution < 1.29 is 9.59 Å². The zero-order valence-electron chi connectivity index (χ0n) is 13.0. The quantitative estimate of drug-likeness (QED) is 0.891. The van der Waals surface area contributed by atoms with Gasteiger partial charge in [-0.25, -0.2) is 0 Å². The molecule has 0 spiro atoms. The van der Waals surface area contributed by atoms with Crippen LogP contribution >= 0.6 is 0 Å². The first-order valence-electron chi connectivity index (χ1n) is 7.53. The second kappa shape index (κ2) is 6.12. The van der Waals surface area contributed by atoms with Gasteiger partial charge in [-0.1, -0.05) is 0 Å². The van der Waals surface area contributed by atoms with Crippen molar-refractivity contribution in [3.63, 3.8) is 0 Å². The molecule has 1 fully saturated rings. The second-order valence-electron chi connectivity index (χ2n) is 5.65. The van der Waals surface area contributed by atoms with E-state index in [9.17, 15) is 9.59 Å². The maximum Gasteiger partial charge on any atom is 0.258 e. The predicted octanol–water partition coefficient (Wildman–Crippen LogP) is 1.37. The van der Waals surface area contributed by atoms with Gasteiger partial charge >= 0.3 is 0 Å². The van der Waals surface area contributed by atoms with E-state index in [1.807, 2.05) is 6.07 Å². The molecule has 2 heterocycles. The molecule has 0 radical (unpaired) electrons. The zero-order valence-corrected chi connectivity index (χ0v) is 13.0. The minimum absolute atomic E-state index is 0.264. The van der Waals surface area contributed by atoms with Gasteiger partial charge in [-0.15, -0.1) is 0 Å². The molecule has 2 aromatic rings. The Kier molecular flexibility index (Phi) is 4.01. The molecular formula is C16H19N5O2. The summed E-state index contributed by atoms with van der Waals surface area (Å²) in [7, 11) is 1.75. The van der Waals surface area contributed by atoms with Gasteiger partial charge < -0.3 is 16.0 Å². The van der Waals surface area contributed by atoms with Crippen molar-refractivity contribution in [3.8, 4) is 0 Å². The van der Waals surface area contributed by atoms with E-state index in [2.05, 4.69) is 15.3 Å². The molecule has 3 N–H and O–H groups in total. The summed E-state index contributed by atoms with van der Waals surface area (Å²) in [6, 6.07) is 5.16. The summed E-state index contributed by atoms with van der Waals surface area (Å²) in [5.74, 6) is -0.782. The van der Waals surface area contributed by atoms with Crippen molar-refractivity contribution in [2.24, 2.45) is 12.8 Å². The summed E-state index contributed by atoms with van der Waals surface area (Å²) in [4.78, 5) is 26.0. The molecule has 0 aliphatic carbocycles. The Morgan fingerprint density at radius 2 is 1.96 bits per heavy atom. The molecule has 2 amide bonds. The van der Waals surface area contributed by atoms with Gasteiger partial charge in [0.2, 0.25) is 5.91 Å². The van der Waals surface area contributed by atoms with Crippen LogP contribution in [0.4, 0.5) is 11.4 Å². The van der Waals surface area contributed by atoms with Crippen molar-refractivity contribution in [2.75, 3.05) is 23.3 Å². The molecule has 0 bridgehead atoms. The first-order chi connectivity index (χ1) is 11.0. The summed E-state index contributed by atoms with van der Waals surface area (Å²) in [5.41, 5.74) is 7.69. The molecule has 0 saturated carbocycles. The summed E-state index contributed by atoms with van der Waals surface area (Å²) in [5, 5.41) is 6.87. The van der Waals surface area contributed by atoms with Gasteiger partial charge in [0.25, 0.3) is 5.91 Å². The van der Waals surface area contributed by atoms with E-state index in [4.69, 9.17) is 5.73 Å². The Morgan fingerprint density at radius 3 is 2.57 bits per heavy atom. The van der Waals surface area contributed by atoms with Gasteiger partial charge in [-0.2, -0.15) is 5.10 Å². The number of anilines is 2. The van der Waals surface area contributed by atoms with E-state index >= 15 is 0 Å². The Labute approximate surface area is 134 Å². The Hall–Kier alpha value is -2.83. The first kappa shape index (κ1) is 15.1.